The Bertz CT molecular complexity index is 887. The molecule has 146 valence electrons. The second-order valence-electron chi connectivity index (χ2n) is 6.86. The van der Waals surface area contributed by atoms with Crippen molar-refractivity contribution in [1.29, 1.82) is 0 Å². The van der Waals surface area contributed by atoms with Gasteiger partial charge in [0.2, 0.25) is 5.95 Å². The van der Waals surface area contributed by atoms with Crippen molar-refractivity contribution in [3.05, 3.63) is 65.4 Å². The minimum Gasteiger partial charge on any atom is -0.394 e. The van der Waals surface area contributed by atoms with Crippen LogP contribution in [0.2, 0.25) is 5.02 Å². The van der Waals surface area contributed by atoms with Crippen LogP contribution in [-0.2, 0) is 6.54 Å². The van der Waals surface area contributed by atoms with Crippen LogP contribution in [-0.4, -0.2) is 32.7 Å². The highest BCUT2D eigenvalue weighted by atomic mass is 35.5. The quantitative estimate of drug-likeness (QED) is 0.527. The van der Waals surface area contributed by atoms with Crippen molar-refractivity contribution in [3.63, 3.8) is 0 Å². The standard InChI is InChI=1S/C21H24ClN5O/c1-14(2)19(13-28)26-21-25-18(16-7-9-23-10-8-16)11-20(27-21)24-12-15-3-5-17(22)6-4-15/h3-11,14,19,28H,12-13H2,1-2H3,(H2,24,25,26,27)/t19-/m0/s1. The van der Waals surface area contributed by atoms with E-state index in [-0.39, 0.29) is 18.6 Å². The molecule has 0 aliphatic heterocycles. The summed E-state index contributed by atoms with van der Waals surface area (Å²) in [5.74, 6) is 1.41. The van der Waals surface area contributed by atoms with E-state index in [9.17, 15) is 5.11 Å². The van der Waals surface area contributed by atoms with E-state index in [1.165, 1.54) is 0 Å². The molecular formula is C21H24ClN5O. The first-order chi connectivity index (χ1) is 13.5. The van der Waals surface area contributed by atoms with Crippen LogP contribution in [0.3, 0.4) is 0 Å². The van der Waals surface area contributed by atoms with Gasteiger partial charge in [-0.3, -0.25) is 4.98 Å². The molecule has 0 fully saturated rings. The summed E-state index contributed by atoms with van der Waals surface area (Å²) in [4.78, 5) is 13.3. The van der Waals surface area contributed by atoms with Gasteiger partial charge in [-0.2, -0.15) is 4.98 Å². The predicted octanol–water partition coefficient (Wildman–Crippen LogP) is 4.23. The van der Waals surface area contributed by atoms with E-state index >= 15 is 0 Å². The maximum Gasteiger partial charge on any atom is 0.225 e. The molecule has 3 aromatic rings. The fraction of sp³-hybridized carbons (Fsp3) is 0.286. The third-order valence-electron chi connectivity index (χ3n) is 4.41. The Kier molecular flexibility index (Phi) is 6.79. The molecule has 1 atom stereocenters. The van der Waals surface area contributed by atoms with Crippen LogP contribution in [0, 0.1) is 5.92 Å². The van der Waals surface area contributed by atoms with Gasteiger partial charge >= 0.3 is 0 Å². The highest BCUT2D eigenvalue weighted by molar-refractivity contribution is 6.30. The van der Waals surface area contributed by atoms with Gasteiger partial charge in [0.25, 0.3) is 0 Å². The number of aliphatic hydroxyl groups is 1. The van der Waals surface area contributed by atoms with Crippen molar-refractivity contribution >= 4 is 23.4 Å². The van der Waals surface area contributed by atoms with E-state index in [1.54, 1.807) is 12.4 Å². The Labute approximate surface area is 170 Å². The van der Waals surface area contributed by atoms with E-state index < -0.39 is 0 Å². The second kappa shape index (κ2) is 9.48. The minimum absolute atomic E-state index is 0.00798. The molecule has 0 amide bonds. The summed E-state index contributed by atoms with van der Waals surface area (Å²) < 4.78 is 0. The number of hydrogen-bond acceptors (Lipinski definition) is 6. The van der Waals surface area contributed by atoms with Crippen LogP contribution in [0.1, 0.15) is 19.4 Å². The van der Waals surface area contributed by atoms with Crippen molar-refractivity contribution in [1.82, 2.24) is 15.0 Å². The number of aliphatic hydroxyl groups excluding tert-OH is 1. The molecule has 28 heavy (non-hydrogen) atoms. The summed E-state index contributed by atoms with van der Waals surface area (Å²) in [7, 11) is 0. The highest BCUT2D eigenvalue weighted by Gasteiger charge is 2.15. The normalized spacial score (nSPS) is 12.0. The summed E-state index contributed by atoms with van der Waals surface area (Å²) >= 11 is 5.95. The molecule has 6 nitrogen and oxygen atoms in total. The van der Waals surface area contributed by atoms with Crippen LogP contribution in [0.15, 0.2) is 54.9 Å². The van der Waals surface area contributed by atoms with Gasteiger partial charge in [-0.1, -0.05) is 37.6 Å². The lowest BCUT2D eigenvalue weighted by atomic mass is 10.1. The van der Waals surface area contributed by atoms with Gasteiger partial charge in [-0.15, -0.1) is 0 Å². The van der Waals surface area contributed by atoms with Crippen LogP contribution < -0.4 is 10.6 Å². The van der Waals surface area contributed by atoms with E-state index in [0.717, 1.165) is 16.8 Å². The van der Waals surface area contributed by atoms with Gasteiger partial charge in [0.1, 0.15) is 5.82 Å². The summed E-state index contributed by atoms with van der Waals surface area (Å²) in [6, 6.07) is 13.3. The number of aromatic nitrogens is 3. The number of halogens is 1. The molecule has 0 radical (unpaired) electrons. The van der Waals surface area contributed by atoms with E-state index in [1.807, 2.05) is 56.3 Å². The largest absolute Gasteiger partial charge is 0.394 e. The number of pyridine rings is 1. The number of rotatable bonds is 8. The number of nitrogens with zero attached hydrogens (tertiary/aromatic N) is 3. The second-order valence-corrected chi connectivity index (χ2v) is 7.29. The first kappa shape index (κ1) is 20.0. The van der Waals surface area contributed by atoms with Gasteiger partial charge < -0.3 is 15.7 Å². The minimum atomic E-state index is -0.128. The molecule has 2 aromatic heterocycles. The number of benzene rings is 1. The average molecular weight is 398 g/mol. The summed E-state index contributed by atoms with van der Waals surface area (Å²) in [5.41, 5.74) is 2.82. The van der Waals surface area contributed by atoms with Crippen LogP contribution in [0.4, 0.5) is 11.8 Å². The lowest BCUT2D eigenvalue weighted by Gasteiger charge is -2.20. The third-order valence-corrected chi connectivity index (χ3v) is 4.66. The van der Waals surface area contributed by atoms with Crippen LogP contribution in [0.5, 0.6) is 0 Å². The van der Waals surface area contributed by atoms with Crippen LogP contribution >= 0.6 is 11.6 Å². The molecule has 0 bridgehead atoms. The van der Waals surface area contributed by atoms with Gasteiger partial charge in [-0.05, 0) is 35.7 Å². The van der Waals surface area contributed by atoms with Gasteiger partial charge in [-0.25, -0.2) is 4.98 Å². The smallest absolute Gasteiger partial charge is 0.225 e. The SMILES string of the molecule is CC(C)[C@H](CO)Nc1nc(NCc2ccc(Cl)cc2)cc(-c2ccncc2)n1. The molecule has 7 heteroatoms. The zero-order valence-electron chi connectivity index (χ0n) is 15.9. The predicted molar refractivity (Wildman–Crippen MR) is 113 cm³/mol. The lowest BCUT2D eigenvalue weighted by molar-refractivity contribution is 0.248. The molecule has 0 unspecified atom stereocenters. The maximum atomic E-state index is 9.64. The summed E-state index contributed by atoms with van der Waals surface area (Å²) in [6.07, 6.45) is 3.46. The maximum absolute atomic E-state index is 9.64. The van der Waals surface area contributed by atoms with Crippen molar-refractivity contribution in [3.8, 4) is 11.3 Å². The topological polar surface area (TPSA) is 83.0 Å². The molecule has 3 rings (SSSR count). The van der Waals surface area contributed by atoms with Crippen LogP contribution in [0.25, 0.3) is 11.3 Å². The number of hydrogen-bond donors (Lipinski definition) is 3. The molecule has 0 aliphatic rings. The first-order valence-electron chi connectivity index (χ1n) is 9.20. The summed E-state index contributed by atoms with van der Waals surface area (Å²) in [5, 5.41) is 16.9. The number of nitrogens with one attached hydrogen (secondary N) is 2. The van der Waals surface area contributed by atoms with E-state index in [4.69, 9.17) is 11.6 Å². The fourth-order valence-electron chi connectivity index (χ4n) is 2.66. The molecular weight excluding hydrogens is 374 g/mol. The fourth-order valence-corrected chi connectivity index (χ4v) is 2.78. The van der Waals surface area contributed by atoms with Gasteiger partial charge in [0, 0.05) is 35.6 Å². The van der Waals surface area contributed by atoms with Gasteiger partial charge in [0.15, 0.2) is 0 Å². The van der Waals surface area contributed by atoms with Crippen molar-refractivity contribution in [2.75, 3.05) is 17.2 Å². The highest BCUT2D eigenvalue weighted by Crippen LogP contribution is 2.22. The van der Waals surface area contributed by atoms with E-state index in [2.05, 4.69) is 25.6 Å². The van der Waals surface area contributed by atoms with E-state index in [0.29, 0.717) is 23.3 Å². The Balaban J connectivity index is 1.87. The molecule has 0 saturated carbocycles. The monoisotopic (exact) mass is 397 g/mol. The molecule has 0 spiro atoms. The first-order valence-corrected chi connectivity index (χ1v) is 9.58. The number of anilines is 2. The van der Waals surface area contributed by atoms with Crippen molar-refractivity contribution in [2.24, 2.45) is 5.92 Å². The van der Waals surface area contributed by atoms with Crippen molar-refractivity contribution in [2.45, 2.75) is 26.4 Å². The van der Waals surface area contributed by atoms with Gasteiger partial charge in [0.05, 0.1) is 18.3 Å². The zero-order chi connectivity index (χ0) is 19.9. The lowest BCUT2D eigenvalue weighted by Crippen LogP contribution is -2.30. The Morgan fingerprint density at radius 1 is 1.04 bits per heavy atom. The molecule has 0 saturated heterocycles. The average Bonchev–Trinajstić information content (AvgIpc) is 2.72. The van der Waals surface area contributed by atoms with Crippen molar-refractivity contribution < 1.29 is 5.11 Å². The Hall–Kier alpha value is -2.70. The molecule has 3 N–H and O–H groups in total. The Morgan fingerprint density at radius 2 is 1.75 bits per heavy atom. The summed E-state index contributed by atoms with van der Waals surface area (Å²) in [6.45, 7) is 4.70. The third kappa shape index (κ3) is 5.41. The molecule has 2 heterocycles. The Morgan fingerprint density at radius 3 is 2.39 bits per heavy atom. The zero-order valence-corrected chi connectivity index (χ0v) is 16.7. The molecule has 0 aliphatic carbocycles. The molecule has 1 aromatic carbocycles.